The van der Waals surface area contributed by atoms with Gasteiger partial charge in [0.1, 0.15) is 12.6 Å². The molecule has 0 aromatic heterocycles. The van der Waals surface area contributed by atoms with E-state index in [-0.39, 0.29) is 31.6 Å². The largest absolute Gasteiger partial charge is 0.450 e. The molecule has 0 heterocycles. The first-order valence-corrected chi connectivity index (χ1v) is 11.0. The molecule has 0 aliphatic heterocycles. The molecule has 0 aromatic rings. The predicted octanol–water partition coefficient (Wildman–Crippen LogP) is 2.41. The maximum Gasteiger partial charge on any atom is 0.407 e. The van der Waals surface area contributed by atoms with Gasteiger partial charge in [0.25, 0.3) is 0 Å². The third kappa shape index (κ3) is 12.5. The molecule has 0 radical (unpaired) electrons. The Morgan fingerprint density at radius 1 is 1.24 bits per heavy atom. The Morgan fingerprint density at radius 2 is 1.90 bits per heavy atom. The van der Waals surface area contributed by atoms with Gasteiger partial charge in [-0.1, -0.05) is 26.6 Å². The van der Waals surface area contributed by atoms with Crippen molar-refractivity contribution >= 4 is 20.0 Å². The molecule has 21 heavy (non-hydrogen) atoms. The van der Waals surface area contributed by atoms with Crippen LogP contribution >= 0.6 is 0 Å². The van der Waals surface area contributed by atoms with Crippen molar-refractivity contribution in [1.29, 1.82) is 0 Å². The van der Waals surface area contributed by atoms with Gasteiger partial charge in [-0.2, -0.15) is 0 Å². The normalized spacial score (nSPS) is 12.8. The molecule has 0 spiro atoms. The summed E-state index contributed by atoms with van der Waals surface area (Å²) in [5, 5.41) is 2.68. The Kier molecular flexibility index (Phi) is 10.3. The average Bonchev–Trinajstić information content (AvgIpc) is 2.37. The second kappa shape index (κ2) is 10.8. The number of ether oxygens (including phenoxy) is 3. The van der Waals surface area contributed by atoms with E-state index in [1.807, 2.05) is 0 Å². The van der Waals surface area contributed by atoms with Crippen LogP contribution in [-0.2, 0) is 19.0 Å². The fraction of sp³-hybridized carbons (Fsp3) is 0.857. The predicted molar refractivity (Wildman–Crippen MR) is 84.2 cm³/mol. The highest BCUT2D eigenvalue weighted by atomic mass is 28.3. The average molecular weight is 319 g/mol. The SMILES string of the molecule is CCC(=O)C[C@H](COCOC)NC(=O)OCC[Si](C)(C)C. The van der Waals surface area contributed by atoms with Gasteiger partial charge >= 0.3 is 6.09 Å². The molecule has 0 unspecified atom stereocenters. The number of carbonyl (C=O) groups excluding carboxylic acids is 2. The minimum atomic E-state index is -1.22. The van der Waals surface area contributed by atoms with E-state index in [0.29, 0.717) is 13.0 Å². The lowest BCUT2D eigenvalue weighted by molar-refractivity contribution is -0.120. The highest BCUT2D eigenvalue weighted by molar-refractivity contribution is 6.76. The first-order valence-electron chi connectivity index (χ1n) is 7.30. The van der Waals surface area contributed by atoms with Gasteiger partial charge in [-0.25, -0.2) is 4.79 Å². The Labute approximate surface area is 128 Å². The first kappa shape index (κ1) is 20.1. The van der Waals surface area contributed by atoms with Crippen LogP contribution < -0.4 is 5.32 Å². The van der Waals surface area contributed by atoms with Crippen LogP contribution in [0.25, 0.3) is 0 Å². The van der Waals surface area contributed by atoms with E-state index in [1.165, 1.54) is 7.11 Å². The highest BCUT2D eigenvalue weighted by Gasteiger charge is 2.18. The monoisotopic (exact) mass is 319 g/mol. The zero-order chi connectivity index (χ0) is 16.3. The molecule has 0 aliphatic carbocycles. The lowest BCUT2D eigenvalue weighted by Crippen LogP contribution is -2.40. The zero-order valence-corrected chi connectivity index (χ0v) is 14.9. The minimum Gasteiger partial charge on any atom is -0.450 e. The van der Waals surface area contributed by atoms with E-state index in [1.54, 1.807) is 6.92 Å². The summed E-state index contributed by atoms with van der Waals surface area (Å²) in [6.45, 7) is 9.21. The fourth-order valence-corrected chi connectivity index (χ4v) is 2.22. The number of Topliss-reactive ketones (excluding diaryl/α,β-unsaturated/α-hetero) is 1. The molecule has 0 saturated carbocycles. The first-order chi connectivity index (χ1) is 9.78. The molecule has 6 nitrogen and oxygen atoms in total. The number of methoxy groups -OCH3 is 1. The summed E-state index contributed by atoms with van der Waals surface area (Å²) >= 11 is 0. The molecule has 0 aromatic carbocycles. The zero-order valence-electron chi connectivity index (χ0n) is 13.9. The van der Waals surface area contributed by atoms with Crippen LogP contribution in [-0.4, -0.2) is 53.1 Å². The Bertz CT molecular complexity index is 317. The molecular weight excluding hydrogens is 290 g/mol. The summed E-state index contributed by atoms with van der Waals surface area (Å²) in [4.78, 5) is 23.2. The van der Waals surface area contributed by atoms with Crippen LogP contribution in [0.3, 0.4) is 0 Å². The van der Waals surface area contributed by atoms with Crippen LogP contribution in [0.4, 0.5) is 4.79 Å². The van der Waals surface area contributed by atoms with Crippen molar-refractivity contribution in [3.05, 3.63) is 0 Å². The van der Waals surface area contributed by atoms with Crippen molar-refractivity contribution < 1.29 is 23.8 Å². The second-order valence-electron chi connectivity index (χ2n) is 6.16. The van der Waals surface area contributed by atoms with E-state index in [2.05, 4.69) is 25.0 Å². The summed E-state index contributed by atoms with van der Waals surface area (Å²) in [6, 6.07) is 0.533. The fourth-order valence-electron chi connectivity index (χ4n) is 1.50. The van der Waals surface area contributed by atoms with Crippen molar-refractivity contribution in [3.8, 4) is 0 Å². The summed E-state index contributed by atoms with van der Waals surface area (Å²) in [7, 11) is 0.296. The van der Waals surface area contributed by atoms with Crippen LogP contribution in [0.2, 0.25) is 25.7 Å². The number of amides is 1. The number of ketones is 1. The van der Waals surface area contributed by atoms with Gasteiger partial charge in [-0.05, 0) is 6.04 Å². The van der Waals surface area contributed by atoms with Crippen molar-refractivity contribution in [2.45, 2.75) is 51.5 Å². The van der Waals surface area contributed by atoms with Gasteiger partial charge in [0.05, 0.1) is 19.3 Å². The quantitative estimate of drug-likeness (QED) is 0.360. The maximum absolute atomic E-state index is 11.7. The topological polar surface area (TPSA) is 73.9 Å². The van der Waals surface area contributed by atoms with Crippen molar-refractivity contribution in [3.63, 3.8) is 0 Å². The molecule has 1 N–H and O–H groups in total. The Balaban J connectivity index is 4.17. The van der Waals surface area contributed by atoms with Gasteiger partial charge in [0.15, 0.2) is 0 Å². The number of rotatable bonds is 11. The lowest BCUT2D eigenvalue weighted by Gasteiger charge is -2.19. The summed E-state index contributed by atoms with van der Waals surface area (Å²) in [5.41, 5.74) is 0. The van der Waals surface area contributed by atoms with Crippen LogP contribution in [0.5, 0.6) is 0 Å². The van der Waals surface area contributed by atoms with Crippen LogP contribution in [0.1, 0.15) is 19.8 Å². The molecule has 0 aliphatic rings. The van der Waals surface area contributed by atoms with E-state index >= 15 is 0 Å². The van der Waals surface area contributed by atoms with E-state index in [9.17, 15) is 9.59 Å². The number of alkyl carbamates (subject to hydrolysis) is 1. The molecule has 1 atom stereocenters. The molecule has 0 fully saturated rings. The third-order valence-electron chi connectivity index (χ3n) is 2.80. The smallest absolute Gasteiger partial charge is 0.407 e. The van der Waals surface area contributed by atoms with Crippen LogP contribution in [0, 0.1) is 0 Å². The van der Waals surface area contributed by atoms with Gasteiger partial charge < -0.3 is 19.5 Å². The van der Waals surface area contributed by atoms with Crippen molar-refractivity contribution in [1.82, 2.24) is 5.32 Å². The van der Waals surface area contributed by atoms with Gasteiger partial charge in [0, 0.05) is 28.0 Å². The van der Waals surface area contributed by atoms with Gasteiger partial charge in [-0.3, -0.25) is 4.79 Å². The van der Waals surface area contributed by atoms with E-state index in [0.717, 1.165) is 6.04 Å². The summed E-state index contributed by atoms with van der Waals surface area (Å²) in [5.74, 6) is 0.0726. The van der Waals surface area contributed by atoms with E-state index < -0.39 is 14.2 Å². The number of carbonyl (C=O) groups is 2. The number of hydrogen-bond donors (Lipinski definition) is 1. The molecular formula is C14H29NO5Si. The molecule has 124 valence electrons. The van der Waals surface area contributed by atoms with E-state index in [4.69, 9.17) is 14.2 Å². The molecule has 0 bridgehead atoms. The van der Waals surface area contributed by atoms with Gasteiger partial charge in [-0.15, -0.1) is 0 Å². The molecule has 0 rings (SSSR count). The Morgan fingerprint density at radius 3 is 2.43 bits per heavy atom. The molecule has 1 amide bonds. The summed E-state index contributed by atoms with van der Waals surface area (Å²) in [6.07, 6.45) is 0.180. The minimum absolute atomic E-state index is 0.0726. The second-order valence-corrected chi connectivity index (χ2v) is 11.8. The number of hydrogen-bond acceptors (Lipinski definition) is 5. The standard InChI is InChI=1S/C14H29NO5Si/c1-6-13(16)9-12(10-19-11-18-2)15-14(17)20-7-8-21(3,4)5/h12H,6-11H2,1-5H3,(H,15,17)/t12-/m1/s1. The van der Waals surface area contributed by atoms with Crippen molar-refractivity contribution in [2.24, 2.45) is 0 Å². The van der Waals surface area contributed by atoms with Crippen LogP contribution in [0.15, 0.2) is 0 Å². The van der Waals surface area contributed by atoms with Crippen molar-refractivity contribution in [2.75, 3.05) is 27.1 Å². The lowest BCUT2D eigenvalue weighted by atomic mass is 10.1. The highest BCUT2D eigenvalue weighted by Crippen LogP contribution is 2.07. The molecule has 7 heteroatoms. The Hall–Kier alpha value is -0.923. The van der Waals surface area contributed by atoms with Gasteiger partial charge in [0.2, 0.25) is 0 Å². The summed E-state index contributed by atoms with van der Waals surface area (Å²) < 4.78 is 15.2. The molecule has 0 saturated heterocycles. The number of nitrogens with one attached hydrogen (secondary N) is 1. The third-order valence-corrected chi connectivity index (χ3v) is 4.50. The maximum atomic E-state index is 11.7.